The number of ether oxygens (including phenoxy) is 1. The summed E-state index contributed by atoms with van der Waals surface area (Å²) >= 11 is 0. The average Bonchev–Trinajstić information content (AvgIpc) is 2.66. The summed E-state index contributed by atoms with van der Waals surface area (Å²) in [6.07, 6.45) is -0.952. The van der Waals surface area contributed by atoms with Crippen molar-refractivity contribution >= 4 is 11.7 Å². The molecule has 0 aromatic heterocycles. The monoisotopic (exact) mass is 256 g/mol. The molecule has 7 heteroatoms. The van der Waals surface area contributed by atoms with Gasteiger partial charge in [-0.05, 0) is 6.08 Å². The van der Waals surface area contributed by atoms with Gasteiger partial charge in [-0.15, -0.1) is 0 Å². The second kappa shape index (κ2) is 5.15. The Morgan fingerprint density at radius 1 is 1.44 bits per heavy atom. The Balaban J connectivity index is 2.16. The van der Waals surface area contributed by atoms with Crippen molar-refractivity contribution in [2.45, 2.75) is 24.4 Å². The zero-order valence-corrected chi connectivity index (χ0v) is 9.85. The first-order chi connectivity index (χ1) is 8.58. The third-order valence-electron chi connectivity index (χ3n) is 3.19. The fourth-order valence-corrected chi connectivity index (χ4v) is 2.15. The minimum atomic E-state index is -1.21. The fourth-order valence-electron chi connectivity index (χ4n) is 2.15. The molecule has 2 heterocycles. The van der Waals surface area contributed by atoms with Crippen molar-refractivity contribution in [3.05, 3.63) is 12.2 Å². The number of aliphatic hydroxyl groups excluding tert-OH is 3. The molecule has 1 unspecified atom stereocenters. The largest absolute Gasteiger partial charge is 0.394 e. The van der Waals surface area contributed by atoms with E-state index in [2.05, 4.69) is 10.3 Å². The quantitative estimate of drug-likeness (QED) is 0.448. The second-order valence-corrected chi connectivity index (χ2v) is 4.29. The lowest BCUT2D eigenvalue weighted by atomic mass is 9.93. The van der Waals surface area contributed by atoms with E-state index in [0.29, 0.717) is 5.84 Å². The van der Waals surface area contributed by atoms with Crippen LogP contribution in [0.15, 0.2) is 17.1 Å². The Bertz CT molecular complexity index is 395. The lowest BCUT2D eigenvalue weighted by Crippen LogP contribution is -2.46. The topological polar surface area (TPSA) is 111 Å². The Labute approximate surface area is 104 Å². The molecule has 18 heavy (non-hydrogen) atoms. The maximum atomic E-state index is 11.8. The number of carbonyl (C=O) groups excluding carboxylic acids is 1. The molecule has 2 aliphatic rings. The number of amides is 1. The Morgan fingerprint density at radius 2 is 2.17 bits per heavy atom. The van der Waals surface area contributed by atoms with Gasteiger partial charge in [-0.2, -0.15) is 0 Å². The van der Waals surface area contributed by atoms with E-state index in [0.717, 1.165) is 0 Å². The number of nitrogens with zero attached hydrogens (tertiary/aromatic N) is 1. The number of amidine groups is 1. The van der Waals surface area contributed by atoms with Gasteiger partial charge in [0.05, 0.1) is 12.5 Å². The molecule has 1 amide bonds. The van der Waals surface area contributed by atoms with Crippen molar-refractivity contribution < 1.29 is 24.9 Å². The van der Waals surface area contributed by atoms with Crippen molar-refractivity contribution in [3.8, 4) is 0 Å². The predicted molar refractivity (Wildman–Crippen MR) is 61.9 cm³/mol. The van der Waals surface area contributed by atoms with Crippen LogP contribution in [0.5, 0.6) is 0 Å². The van der Waals surface area contributed by atoms with Crippen molar-refractivity contribution in [1.29, 1.82) is 0 Å². The van der Waals surface area contributed by atoms with Crippen LogP contribution in [0.3, 0.4) is 0 Å². The van der Waals surface area contributed by atoms with Gasteiger partial charge in [0.2, 0.25) is 5.91 Å². The number of hydrogen-bond acceptors (Lipinski definition) is 6. The molecule has 100 valence electrons. The van der Waals surface area contributed by atoms with E-state index in [1.54, 1.807) is 19.2 Å². The van der Waals surface area contributed by atoms with Crippen LogP contribution in [0.1, 0.15) is 0 Å². The summed E-state index contributed by atoms with van der Waals surface area (Å²) in [6.45, 7) is -0.408. The summed E-state index contributed by atoms with van der Waals surface area (Å²) < 4.78 is 5.31. The van der Waals surface area contributed by atoms with Crippen LogP contribution in [-0.2, 0) is 9.53 Å². The second-order valence-electron chi connectivity index (χ2n) is 4.29. The molecular formula is C11H16N2O5. The molecule has 1 fully saturated rings. The molecule has 0 spiro atoms. The van der Waals surface area contributed by atoms with Gasteiger partial charge in [0.25, 0.3) is 0 Å². The molecule has 1 saturated heterocycles. The van der Waals surface area contributed by atoms with E-state index >= 15 is 0 Å². The highest BCUT2D eigenvalue weighted by atomic mass is 16.6. The van der Waals surface area contributed by atoms with Gasteiger partial charge in [-0.25, -0.2) is 0 Å². The van der Waals surface area contributed by atoms with Crippen LogP contribution < -0.4 is 5.32 Å². The molecule has 4 N–H and O–H groups in total. The molecule has 0 aromatic carbocycles. The fraction of sp³-hybridized carbons (Fsp3) is 0.636. The van der Waals surface area contributed by atoms with Gasteiger partial charge in [0.15, 0.2) is 0 Å². The molecule has 7 nitrogen and oxygen atoms in total. The van der Waals surface area contributed by atoms with E-state index in [4.69, 9.17) is 9.84 Å². The van der Waals surface area contributed by atoms with Gasteiger partial charge >= 0.3 is 0 Å². The van der Waals surface area contributed by atoms with E-state index in [9.17, 15) is 15.0 Å². The minimum absolute atomic E-state index is 0.354. The summed E-state index contributed by atoms with van der Waals surface area (Å²) in [5.74, 6) is -0.632. The molecular weight excluding hydrogens is 240 g/mol. The Kier molecular flexibility index (Phi) is 3.76. The van der Waals surface area contributed by atoms with Crippen molar-refractivity contribution in [1.82, 2.24) is 5.32 Å². The first-order valence-corrected chi connectivity index (χ1v) is 5.66. The number of aliphatic hydroxyl groups is 3. The van der Waals surface area contributed by atoms with Crippen LogP contribution in [0.25, 0.3) is 0 Å². The number of hydrogen-bond donors (Lipinski definition) is 4. The normalized spacial score (nSPS) is 42.3. The summed E-state index contributed by atoms with van der Waals surface area (Å²) in [5, 5.41) is 31.0. The smallest absolute Gasteiger partial charge is 0.235 e. The number of nitrogens with one attached hydrogen (secondary N) is 1. The lowest BCUT2D eigenvalue weighted by Gasteiger charge is -2.25. The third kappa shape index (κ3) is 2.17. The molecule has 2 rings (SSSR count). The first kappa shape index (κ1) is 13.2. The minimum Gasteiger partial charge on any atom is -0.394 e. The number of carbonyl (C=O) groups is 1. The zero-order chi connectivity index (χ0) is 13.3. The van der Waals surface area contributed by atoms with E-state index in [-0.39, 0.29) is 5.91 Å². The molecule has 2 aliphatic heterocycles. The molecule has 0 bridgehead atoms. The van der Waals surface area contributed by atoms with E-state index in [1.165, 1.54) is 0 Å². The molecule has 0 saturated carbocycles. The summed E-state index contributed by atoms with van der Waals surface area (Å²) in [4.78, 5) is 15.6. The SMILES string of the molecule is CN=C1C=CC([C@@H]2O[C@H](CO)[C@@H](O)[C@H]2O)C(=O)N1. The number of aliphatic imine (C=N–C) groups is 1. The zero-order valence-electron chi connectivity index (χ0n) is 9.85. The van der Waals surface area contributed by atoms with Crippen molar-refractivity contribution in [2.24, 2.45) is 10.9 Å². The predicted octanol–water partition coefficient (Wildman–Crippen LogP) is -2.20. The maximum absolute atomic E-state index is 11.8. The highest BCUT2D eigenvalue weighted by Gasteiger charge is 2.47. The van der Waals surface area contributed by atoms with Gasteiger partial charge in [0, 0.05) is 7.05 Å². The maximum Gasteiger partial charge on any atom is 0.235 e. The molecule has 0 aromatic rings. The van der Waals surface area contributed by atoms with Gasteiger partial charge in [-0.1, -0.05) is 6.08 Å². The Hall–Kier alpha value is -1.28. The van der Waals surface area contributed by atoms with Gasteiger partial charge in [0.1, 0.15) is 30.3 Å². The summed E-state index contributed by atoms with van der Waals surface area (Å²) in [6, 6.07) is 0. The van der Waals surface area contributed by atoms with E-state index in [1.807, 2.05) is 0 Å². The van der Waals surface area contributed by atoms with Crippen molar-refractivity contribution in [2.75, 3.05) is 13.7 Å². The van der Waals surface area contributed by atoms with Crippen LogP contribution in [0, 0.1) is 5.92 Å². The summed E-state index contributed by atoms with van der Waals surface area (Å²) in [5.41, 5.74) is 0. The van der Waals surface area contributed by atoms with Crippen LogP contribution in [0.2, 0.25) is 0 Å². The van der Waals surface area contributed by atoms with Crippen LogP contribution in [-0.4, -0.2) is 65.1 Å². The highest BCUT2D eigenvalue weighted by molar-refractivity contribution is 6.08. The molecule has 5 atom stereocenters. The standard InChI is InChI=1S/C11H16N2O5/c1-12-7-3-2-5(11(17)13-7)10-9(16)8(15)6(4-14)18-10/h2-3,5-6,8-10,14-16H,4H2,1H3,(H,12,13,17)/t5?,6-,8-,9-,10+/m1/s1. The molecule has 0 aliphatic carbocycles. The highest BCUT2D eigenvalue weighted by Crippen LogP contribution is 2.28. The lowest BCUT2D eigenvalue weighted by molar-refractivity contribution is -0.129. The van der Waals surface area contributed by atoms with Crippen LogP contribution >= 0.6 is 0 Å². The van der Waals surface area contributed by atoms with Crippen LogP contribution in [0.4, 0.5) is 0 Å². The third-order valence-corrected chi connectivity index (χ3v) is 3.19. The average molecular weight is 256 g/mol. The van der Waals surface area contributed by atoms with E-state index < -0.39 is 36.9 Å². The Morgan fingerprint density at radius 3 is 2.67 bits per heavy atom. The first-order valence-electron chi connectivity index (χ1n) is 5.66. The number of rotatable bonds is 2. The summed E-state index contributed by atoms with van der Waals surface area (Å²) in [7, 11) is 1.55. The van der Waals surface area contributed by atoms with Crippen molar-refractivity contribution in [3.63, 3.8) is 0 Å². The van der Waals surface area contributed by atoms with Gasteiger partial charge in [-0.3, -0.25) is 9.79 Å². The van der Waals surface area contributed by atoms with Gasteiger partial charge < -0.3 is 25.4 Å². The molecule has 0 radical (unpaired) electrons.